The van der Waals surface area contributed by atoms with Gasteiger partial charge >= 0.3 is 5.16 Å². The van der Waals surface area contributed by atoms with Gasteiger partial charge in [0, 0.05) is 61.6 Å². The molecule has 6 heteroatoms. The zero-order chi connectivity index (χ0) is 25.2. The van der Waals surface area contributed by atoms with Crippen LogP contribution in [0, 0.1) is 0 Å². The van der Waals surface area contributed by atoms with Crippen molar-refractivity contribution < 1.29 is 14.0 Å². The largest absolute Gasteiger partial charge is 0.371 e. The first kappa shape index (κ1) is 26.4. The van der Waals surface area contributed by atoms with E-state index in [1.54, 1.807) is 0 Å². The van der Waals surface area contributed by atoms with Gasteiger partial charge in [0.15, 0.2) is 6.20 Å². The van der Waals surface area contributed by atoms with E-state index in [1.165, 1.54) is 49.2 Å². The average molecular weight is 505 g/mol. The number of piperidine rings is 1. The monoisotopic (exact) mass is 504 g/mol. The standard InChI is InChI=1S/C30H41N5S/c1-4-33-21-6-5-10-27(33)14-11-26-12-15-28(16-13-26)34-22-17-29(18-23-34)35(2,3)24-7-8-25-36-30-31-19-9-20-32-30/h5-6,9-16,19-21,29H,4,7-8,17-18,22-25H2,1-3H3/q+2/p+1. The molecule has 2 aromatic heterocycles. The summed E-state index contributed by atoms with van der Waals surface area (Å²) in [6.45, 7) is 6.70. The number of H-pyrrole nitrogens is 1. The SMILES string of the molecule is CC[n+]1ccccc1/C=C/c1ccc(N2CCC([N+](C)(C)CCCCSc3nccc[nH+]3)CC2)cc1. The molecule has 1 aliphatic heterocycles. The van der Waals surface area contributed by atoms with E-state index in [-0.39, 0.29) is 0 Å². The number of hydrogen-bond acceptors (Lipinski definition) is 3. The molecule has 3 heterocycles. The Kier molecular flexibility index (Phi) is 9.54. The molecule has 1 aliphatic rings. The number of nitrogens with one attached hydrogen (secondary N) is 1. The second-order valence-corrected chi connectivity index (χ2v) is 11.3. The molecule has 5 nitrogen and oxygen atoms in total. The summed E-state index contributed by atoms with van der Waals surface area (Å²) in [7, 11) is 4.85. The maximum absolute atomic E-state index is 4.36. The molecule has 0 amide bonds. The minimum absolute atomic E-state index is 0.747. The molecule has 0 saturated carbocycles. The fourth-order valence-electron chi connectivity index (χ4n) is 5.09. The summed E-state index contributed by atoms with van der Waals surface area (Å²) in [5.41, 5.74) is 3.83. The average Bonchev–Trinajstić information content (AvgIpc) is 2.93. The van der Waals surface area contributed by atoms with Gasteiger partial charge in [0.2, 0.25) is 5.69 Å². The predicted octanol–water partition coefficient (Wildman–Crippen LogP) is 4.99. The lowest BCUT2D eigenvalue weighted by Crippen LogP contribution is -2.54. The van der Waals surface area contributed by atoms with Gasteiger partial charge in [-0.15, -0.1) is 0 Å². The van der Waals surface area contributed by atoms with Gasteiger partial charge in [-0.25, -0.2) is 4.98 Å². The third-order valence-electron chi connectivity index (χ3n) is 7.42. The van der Waals surface area contributed by atoms with Gasteiger partial charge in [-0.3, -0.25) is 0 Å². The second kappa shape index (κ2) is 13.0. The number of rotatable bonds is 11. The number of thioether (sulfide) groups is 1. The summed E-state index contributed by atoms with van der Waals surface area (Å²) in [6, 6.07) is 18.1. The van der Waals surface area contributed by atoms with Gasteiger partial charge < -0.3 is 9.38 Å². The Morgan fingerprint density at radius 2 is 1.86 bits per heavy atom. The van der Waals surface area contributed by atoms with E-state index in [0.717, 1.165) is 41.1 Å². The highest BCUT2D eigenvalue weighted by atomic mass is 32.2. The second-order valence-electron chi connectivity index (χ2n) is 10.2. The van der Waals surface area contributed by atoms with Crippen molar-refractivity contribution in [2.45, 2.75) is 50.4 Å². The Bertz CT molecular complexity index is 1090. The van der Waals surface area contributed by atoms with Crippen molar-refractivity contribution in [2.24, 2.45) is 0 Å². The topological polar surface area (TPSA) is 34.2 Å². The van der Waals surface area contributed by atoms with Crippen LogP contribution < -0.4 is 14.5 Å². The number of aromatic nitrogens is 3. The van der Waals surface area contributed by atoms with E-state index >= 15 is 0 Å². The van der Waals surface area contributed by atoms with Crippen LogP contribution >= 0.6 is 11.8 Å². The van der Waals surface area contributed by atoms with Gasteiger partial charge in [0.1, 0.15) is 12.7 Å². The number of nitrogens with zero attached hydrogens (tertiary/aromatic N) is 4. The first-order valence-electron chi connectivity index (χ1n) is 13.3. The lowest BCUT2D eigenvalue weighted by Gasteiger charge is -2.43. The zero-order valence-electron chi connectivity index (χ0n) is 22.1. The van der Waals surface area contributed by atoms with Crippen molar-refractivity contribution in [3.05, 3.63) is 78.4 Å². The summed E-state index contributed by atoms with van der Waals surface area (Å²) in [5.74, 6) is 1.13. The molecule has 190 valence electrons. The molecule has 0 aliphatic carbocycles. The minimum atomic E-state index is 0.747. The minimum Gasteiger partial charge on any atom is -0.371 e. The highest BCUT2D eigenvalue weighted by Gasteiger charge is 2.31. The highest BCUT2D eigenvalue weighted by molar-refractivity contribution is 7.99. The van der Waals surface area contributed by atoms with Crippen LogP contribution in [-0.4, -0.2) is 55.0 Å². The van der Waals surface area contributed by atoms with E-state index < -0.39 is 0 Å². The van der Waals surface area contributed by atoms with Gasteiger partial charge in [-0.05, 0) is 66.3 Å². The smallest absolute Gasteiger partial charge is 0.356 e. The van der Waals surface area contributed by atoms with Crippen LogP contribution in [0.2, 0.25) is 0 Å². The number of pyridine rings is 1. The summed E-state index contributed by atoms with van der Waals surface area (Å²) in [5, 5.41) is 1.02. The maximum atomic E-state index is 4.36. The number of unbranched alkanes of at least 4 members (excludes halogenated alkanes) is 1. The Morgan fingerprint density at radius 1 is 1.06 bits per heavy atom. The lowest BCUT2D eigenvalue weighted by molar-refractivity contribution is -0.916. The zero-order valence-corrected chi connectivity index (χ0v) is 23.0. The molecule has 36 heavy (non-hydrogen) atoms. The van der Waals surface area contributed by atoms with Crippen LogP contribution in [0.4, 0.5) is 5.69 Å². The van der Waals surface area contributed by atoms with E-state index in [2.05, 4.69) is 101 Å². The molecule has 1 saturated heterocycles. The van der Waals surface area contributed by atoms with Gasteiger partial charge in [0.25, 0.3) is 0 Å². The Labute approximate surface area is 221 Å². The van der Waals surface area contributed by atoms with Crippen LogP contribution in [0.15, 0.2) is 72.3 Å². The molecule has 1 fully saturated rings. The molecular weight excluding hydrogens is 462 g/mol. The summed E-state index contributed by atoms with van der Waals surface area (Å²) >= 11 is 1.82. The lowest BCUT2D eigenvalue weighted by atomic mass is 10.00. The van der Waals surface area contributed by atoms with E-state index in [0.29, 0.717) is 0 Å². The van der Waals surface area contributed by atoms with E-state index in [9.17, 15) is 0 Å². The van der Waals surface area contributed by atoms with Gasteiger partial charge in [-0.2, -0.15) is 4.57 Å². The molecule has 4 rings (SSSR count). The quantitative estimate of drug-likeness (QED) is 0.121. The van der Waals surface area contributed by atoms with Crippen molar-refractivity contribution in [1.82, 2.24) is 4.98 Å². The molecule has 0 atom stereocenters. The molecule has 3 aromatic rings. The summed E-state index contributed by atoms with van der Waals surface area (Å²) in [4.78, 5) is 10.1. The molecule has 0 spiro atoms. The summed E-state index contributed by atoms with van der Waals surface area (Å²) in [6.07, 6.45) is 15.4. The van der Waals surface area contributed by atoms with Gasteiger partial charge in [-0.1, -0.05) is 12.1 Å². The van der Waals surface area contributed by atoms with Gasteiger partial charge in [0.05, 0.1) is 32.9 Å². The van der Waals surface area contributed by atoms with Crippen LogP contribution in [0.3, 0.4) is 0 Å². The molecule has 1 aromatic carbocycles. The first-order chi connectivity index (χ1) is 17.5. The number of benzene rings is 1. The Hall–Kier alpha value is -2.70. The fourth-order valence-corrected chi connectivity index (χ4v) is 5.92. The molecule has 0 radical (unpaired) electrons. The number of quaternary nitrogens is 1. The summed E-state index contributed by atoms with van der Waals surface area (Å²) < 4.78 is 3.39. The Morgan fingerprint density at radius 3 is 2.58 bits per heavy atom. The van der Waals surface area contributed by atoms with Crippen molar-refractivity contribution in [1.29, 1.82) is 0 Å². The maximum Gasteiger partial charge on any atom is 0.356 e. The van der Waals surface area contributed by atoms with Crippen molar-refractivity contribution >= 4 is 29.6 Å². The first-order valence-corrected chi connectivity index (χ1v) is 14.3. The molecule has 1 N–H and O–H groups in total. The van der Waals surface area contributed by atoms with Crippen LogP contribution in [0.25, 0.3) is 12.2 Å². The number of hydrogen-bond donors (Lipinski definition) is 0. The third kappa shape index (κ3) is 7.40. The van der Waals surface area contributed by atoms with Crippen molar-refractivity contribution in [3.8, 4) is 0 Å². The van der Waals surface area contributed by atoms with Crippen LogP contribution in [0.5, 0.6) is 0 Å². The molecule has 0 bridgehead atoms. The molecule has 0 unspecified atom stereocenters. The molecular formula is C30H42N5S+3. The van der Waals surface area contributed by atoms with Crippen molar-refractivity contribution in [3.63, 3.8) is 0 Å². The Balaban J connectivity index is 1.21. The number of anilines is 1. The van der Waals surface area contributed by atoms with Crippen molar-refractivity contribution in [2.75, 3.05) is 44.4 Å². The number of aryl methyl sites for hydroxylation is 1. The predicted molar refractivity (Wildman–Crippen MR) is 151 cm³/mol. The highest BCUT2D eigenvalue weighted by Crippen LogP contribution is 2.26. The third-order valence-corrected chi connectivity index (χ3v) is 8.41. The fraction of sp³-hybridized carbons (Fsp3) is 0.433. The van der Waals surface area contributed by atoms with Crippen LogP contribution in [-0.2, 0) is 6.54 Å². The van der Waals surface area contributed by atoms with E-state index in [1.807, 2.05) is 30.2 Å². The van der Waals surface area contributed by atoms with Crippen LogP contribution in [0.1, 0.15) is 43.9 Å². The van der Waals surface area contributed by atoms with E-state index in [4.69, 9.17) is 0 Å². The normalized spacial score (nSPS) is 15.0. The number of aromatic amines is 1.